The Morgan fingerprint density at radius 3 is 2.35 bits per heavy atom. The Hall–Kier alpha value is -2.36. The maximum Gasteiger partial charge on any atom is 0.354 e. The third kappa shape index (κ3) is 2.25. The number of aromatic hydroxyl groups is 1. The van der Waals surface area contributed by atoms with Crippen molar-refractivity contribution in [2.24, 2.45) is 0 Å². The van der Waals surface area contributed by atoms with Gasteiger partial charge in [-0.1, -0.05) is 12.1 Å². The molecular formula is C13H11NO3. The molecule has 0 bridgehead atoms. The Bertz CT molecular complexity index is 561. The highest BCUT2D eigenvalue weighted by Crippen LogP contribution is 2.22. The predicted molar refractivity (Wildman–Crippen MR) is 63.0 cm³/mol. The number of hydrogen-bond acceptors (Lipinski definition) is 3. The second kappa shape index (κ2) is 4.25. The van der Waals surface area contributed by atoms with Crippen LogP contribution >= 0.6 is 0 Å². The molecule has 17 heavy (non-hydrogen) atoms. The fraction of sp³-hybridized carbons (Fsp3) is 0.0769. The minimum absolute atomic E-state index is 0.0625. The molecule has 2 rings (SSSR count). The fourth-order valence-electron chi connectivity index (χ4n) is 1.61. The summed E-state index contributed by atoms with van der Waals surface area (Å²) >= 11 is 0. The smallest absolute Gasteiger partial charge is 0.354 e. The summed E-state index contributed by atoms with van der Waals surface area (Å²) in [5.74, 6) is -0.833. The second-order valence-corrected chi connectivity index (χ2v) is 3.74. The minimum Gasteiger partial charge on any atom is -0.508 e. The number of phenolic OH excluding ortho intramolecular Hbond substituents is 1. The van der Waals surface area contributed by atoms with Gasteiger partial charge in [0.15, 0.2) is 5.69 Å². The summed E-state index contributed by atoms with van der Waals surface area (Å²) in [5, 5.41) is 18.0. The van der Waals surface area contributed by atoms with Gasteiger partial charge in [0.2, 0.25) is 0 Å². The number of carboxylic acids is 1. The highest BCUT2D eigenvalue weighted by Gasteiger charge is 2.09. The first kappa shape index (κ1) is 11.1. The Balaban J connectivity index is 2.44. The lowest BCUT2D eigenvalue weighted by atomic mass is 10.0. The van der Waals surface area contributed by atoms with E-state index in [9.17, 15) is 9.90 Å². The Morgan fingerprint density at radius 2 is 1.82 bits per heavy atom. The van der Waals surface area contributed by atoms with E-state index in [2.05, 4.69) is 4.98 Å². The Labute approximate surface area is 98.2 Å². The van der Waals surface area contributed by atoms with Gasteiger partial charge >= 0.3 is 5.97 Å². The van der Waals surface area contributed by atoms with Crippen LogP contribution in [0.3, 0.4) is 0 Å². The van der Waals surface area contributed by atoms with Gasteiger partial charge in [-0.25, -0.2) is 9.78 Å². The Morgan fingerprint density at radius 1 is 1.18 bits per heavy atom. The van der Waals surface area contributed by atoms with Gasteiger partial charge in [-0.15, -0.1) is 0 Å². The lowest BCUT2D eigenvalue weighted by Crippen LogP contribution is -2.03. The number of rotatable bonds is 2. The predicted octanol–water partition coefficient (Wildman–Crippen LogP) is 2.46. The molecule has 1 aromatic carbocycles. The monoisotopic (exact) mass is 229 g/mol. The number of aromatic carboxylic acids is 1. The molecule has 2 aromatic rings. The van der Waals surface area contributed by atoms with Crippen LogP contribution in [0, 0.1) is 6.92 Å². The van der Waals surface area contributed by atoms with Crippen LogP contribution in [0.15, 0.2) is 36.5 Å². The van der Waals surface area contributed by atoms with Crippen LogP contribution in [0.4, 0.5) is 0 Å². The molecule has 4 heteroatoms. The van der Waals surface area contributed by atoms with Crippen molar-refractivity contribution in [3.05, 3.63) is 47.8 Å². The number of hydrogen-bond donors (Lipinski definition) is 2. The summed E-state index contributed by atoms with van der Waals surface area (Å²) in [5.41, 5.74) is 2.39. The summed E-state index contributed by atoms with van der Waals surface area (Å²) < 4.78 is 0. The molecule has 0 amide bonds. The van der Waals surface area contributed by atoms with Crippen LogP contribution in [-0.2, 0) is 0 Å². The van der Waals surface area contributed by atoms with Crippen molar-refractivity contribution in [1.29, 1.82) is 0 Å². The molecule has 86 valence electrons. The summed E-state index contributed by atoms with van der Waals surface area (Å²) in [6, 6.07) is 8.44. The molecule has 1 heterocycles. The highest BCUT2D eigenvalue weighted by atomic mass is 16.4. The maximum absolute atomic E-state index is 10.8. The molecule has 0 saturated carbocycles. The van der Waals surface area contributed by atoms with E-state index in [-0.39, 0.29) is 11.4 Å². The number of aryl methyl sites for hydroxylation is 1. The maximum atomic E-state index is 10.8. The van der Waals surface area contributed by atoms with Gasteiger partial charge in [-0.2, -0.15) is 0 Å². The van der Waals surface area contributed by atoms with Crippen molar-refractivity contribution < 1.29 is 15.0 Å². The third-order valence-corrected chi connectivity index (χ3v) is 2.48. The summed E-state index contributed by atoms with van der Waals surface area (Å²) in [4.78, 5) is 14.7. The van der Waals surface area contributed by atoms with Gasteiger partial charge in [0, 0.05) is 11.8 Å². The van der Waals surface area contributed by atoms with Crippen molar-refractivity contribution in [1.82, 2.24) is 4.98 Å². The van der Waals surface area contributed by atoms with Gasteiger partial charge in [0.05, 0.1) is 0 Å². The van der Waals surface area contributed by atoms with Gasteiger partial charge < -0.3 is 10.2 Å². The topological polar surface area (TPSA) is 70.4 Å². The largest absolute Gasteiger partial charge is 0.508 e. The van der Waals surface area contributed by atoms with Crippen LogP contribution in [-0.4, -0.2) is 21.2 Å². The van der Waals surface area contributed by atoms with Crippen LogP contribution in [0.1, 0.15) is 16.1 Å². The van der Waals surface area contributed by atoms with E-state index < -0.39 is 5.97 Å². The molecule has 0 atom stereocenters. The summed E-state index contributed by atoms with van der Waals surface area (Å²) in [7, 11) is 0. The molecule has 0 aliphatic carbocycles. The van der Waals surface area contributed by atoms with E-state index in [0.717, 1.165) is 11.1 Å². The van der Waals surface area contributed by atoms with Crippen molar-refractivity contribution in [2.45, 2.75) is 6.92 Å². The standard InChI is InChI=1S/C13H11NO3/c1-8-6-10(7-14-12(8)13(16)17)9-2-4-11(15)5-3-9/h2-7,15H,1H3,(H,16,17). The molecule has 2 N–H and O–H groups in total. The lowest BCUT2D eigenvalue weighted by molar-refractivity contribution is 0.0689. The zero-order chi connectivity index (χ0) is 12.4. The summed E-state index contributed by atoms with van der Waals surface area (Å²) in [6.07, 6.45) is 1.52. The fourth-order valence-corrected chi connectivity index (χ4v) is 1.61. The van der Waals surface area contributed by atoms with E-state index in [4.69, 9.17) is 5.11 Å². The molecule has 0 saturated heterocycles. The number of nitrogens with zero attached hydrogens (tertiary/aromatic N) is 1. The average molecular weight is 229 g/mol. The van der Waals surface area contributed by atoms with Crippen molar-refractivity contribution in [3.8, 4) is 16.9 Å². The Kier molecular flexibility index (Phi) is 2.78. The molecule has 0 unspecified atom stereocenters. The van der Waals surface area contributed by atoms with Gasteiger partial charge in [0.1, 0.15) is 5.75 Å². The van der Waals surface area contributed by atoms with Gasteiger partial charge in [-0.3, -0.25) is 0 Å². The van der Waals surface area contributed by atoms with E-state index in [1.165, 1.54) is 6.20 Å². The summed E-state index contributed by atoms with van der Waals surface area (Å²) in [6.45, 7) is 1.71. The molecule has 1 aromatic heterocycles. The second-order valence-electron chi connectivity index (χ2n) is 3.74. The number of pyridine rings is 1. The van der Waals surface area contributed by atoms with E-state index in [1.54, 1.807) is 37.3 Å². The third-order valence-electron chi connectivity index (χ3n) is 2.48. The molecule has 0 aliphatic rings. The zero-order valence-corrected chi connectivity index (χ0v) is 9.21. The number of carbonyl (C=O) groups is 1. The lowest BCUT2D eigenvalue weighted by Gasteiger charge is -2.05. The van der Waals surface area contributed by atoms with Crippen LogP contribution in [0.2, 0.25) is 0 Å². The molecule has 0 radical (unpaired) electrons. The average Bonchev–Trinajstić information content (AvgIpc) is 2.29. The number of carboxylic acid groups (broad SMARTS) is 1. The first-order valence-electron chi connectivity index (χ1n) is 5.07. The van der Waals surface area contributed by atoms with Crippen molar-refractivity contribution >= 4 is 5.97 Å². The van der Waals surface area contributed by atoms with Gasteiger partial charge in [-0.05, 0) is 36.2 Å². The quantitative estimate of drug-likeness (QED) is 0.829. The molecule has 0 fully saturated rings. The number of phenols is 1. The molecule has 4 nitrogen and oxygen atoms in total. The minimum atomic E-state index is -1.03. The molecular weight excluding hydrogens is 218 g/mol. The van der Waals surface area contributed by atoms with Crippen LogP contribution in [0.25, 0.3) is 11.1 Å². The number of aromatic nitrogens is 1. The van der Waals surface area contributed by atoms with Gasteiger partial charge in [0.25, 0.3) is 0 Å². The van der Waals surface area contributed by atoms with Crippen molar-refractivity contribution in [2.75, 3.05) is 0 Å². The first-order chi connectivity index (χ1) is 8.08. The van der Waals surface area contributed by atoms with Crippen LogP contribution in [0.5, 0.6) is 5.75 Å². The van der Waals surface area contributed by atoms with E-state index in [0.29, 0.717) is 5.56 Å². The molecule has 0 spiro atoms. The van der Waals surface area contributed by atoms with E-state index in [1.807, 2.05) is 0 Å². The zero-order valence-electron chi connectivity index (χ0n) is 9.21. The normalized spacial score (nSPS) is 10.2. The highest BCUT2D eigenvalue weighted by molar-refractivity contribution is 5.87. The SMILES string of the molecule is Cc1cc(-c2ccc(O)cc2)cnc1C(=O)O. The molecule has 0 aliphatic heterocycles. The first-order valence-corrected chi connectivity index (χ1v) is 5.07. The van der Waals surface area contributed by atoms with Crippen LogP contribution < -0.4 is 0 Å². The number of benzene rings is 1. The van der Waals surface area contributed by atoms with Crippen molar-refractivity contribution in [3.63, 3.8) is 0 Å². The van der Waals surface area contributed by atoms with E-state index >= 15 is 0 Å².